The number of carbonyl (C=O) groups is 4. The summed E-state index contributed by atoms with van der Waals surface area (Å²) in [5.41, 5.74) is 1.52. The highest BCUT2D eigenvalue weighted by Gasteiger charge is 2.40. The molecule has 1 aromatic heterocycles. The molecule has 1 aromatic carbocycles. The normalized spacial score (nSPS) is 15.9. The molecule has 1 saturated carbocycles. The molecule has 4 rings (SSSR count). The Morgan fingerprint density at radius 1 is 1.15 bits per heavy atom. The van der Waals surface area contributed by atoms with E-state index in [0.29, 0.717) is 23.7 Å². The molecule has 0 saturated heterocycles. The lowest BCUT2D eigenvalue weighted by Gasteiger charge is -2.34. The molecule has 34 heavy (non-hydrogen) atoms. The van der Waals surface area contributed by atoms with Crippen LogP contribution in [0.3, 0.4) is 0 Å². The summed E-state index contributed by atoms with van der Waals surface area (Å²) in [4.78, 5) is 46.6. The summed E-state index contributed by atoms with van der Waals surface area (Å²) in [5.74, 6) is -2.65. The summed E-state index contributed by atoms with van der Waals surface area (Å²) in [5, 5.41) is 16.4. The monoisotopic (exact) mass is 491 g/mol. The number of benzene rings is 1. The number of hydrogen-bond acceptors (Lipinski definition) is 7. The van der Waals surface area contributed by atoms with Gasteiger partial charge in [-0.15, -0.1) is 11.3 Å². The second-order valence-electron chi connectivity index (χ2n) is 8.22. The molecule has 2 heterocycles. The minimum Gasteiger partial charge on any atom is -0.481 e. The van der Waals surface area contributed by atoms with Gasteiger partial charge in [0.05, 0.1) is 18.9 Å². The van der Waals surface area contributed by atoms with Crippen LogP contribution in [-0.2, 0) is 32.1 Å². The number of thiophene rings is 1. The van der Waals surface area contributed by atoms with Crippen molar-refractivity contribution >= 4 is 35.0 Å². The first kappa shape index (κ1) is 25.5. The van der Waals surface area contributed by atoms with Crippen molar-refractivity contribution < 1.29 is 38.5 Å². The van der Waals surface area contributed by atoms with Gasteiger partial charge < -0.3 is 14.9 Å². The number of nitrogens with zero attached hydrogens (tertiary/aromatic N) is 1. The second-order valence-corrected chi connectivity index (χ2v) is 9.32. The van der Waals surface area contributed by atoms with Crippen molar-refractivity contribution in [3.63, 3.8) is 0 Å². The van der Waals surface area contributed by atoms with Gasteiger partial charge in [0.15, 0.2) is 10.8 Å². The van der Waals surface area contributed by atoms with Gasteiger partial charge in [-0.05, 0) is 37.0 Å². The Bertz CT molecular complexity index is 1070. The highest BCUT2D eigenvalue weighted by Crippen LogP contribution is 2.41. The van der Waals surface area contributed by atoms with Gasteiger partial charge in [0, 0.05) is 36.4 Å². The molecule has 0 radical (unpaired) electrons. The fourth-order valence-corrected chi connectivity index (χ4v) is 4.82. The van der Waals surface area contributed by atoms with Gasteiger partial charge in [0.1, 0.15) is 5.82 Å². The molecular weight excluding hydrogens is 465 g/mol. The Balaban J connectivity index is 0.000000350. The SMILES string of the molecule is CC(=O)Oc1cc2c(s1)CCN(C(C(=O)C1CC1)c1ccccc1F)C2.O=C(O)CCC(=O)O. The van der Waals surface area contributed by atoms with Crippen LogP contribution in [0.25, 0.3) is 0 Å². The maximum Gasteiger partial charge on any atom is 0.308 e. The zero-order valence-corrected chi connectivity index (χ0v) is 19.5. The molecule has 1 fully saturated rings. The van der Waals surface area contributed by atoms with Gasteiger partial charge in [-0.2, -0.15) is 0 Å². The van der Waals surface area contributed by atoms with Gasteiger partial charge in [0.25, 0.3) is 0 Å². The van der Waals surface area contributed by atoms with Crippen LogP contribution in [0, 0.1) is 11.7 Å². The van der Waals surface area contributed by atoms with Crippen molar-refractivity contribution in [1.82, 2.24) is 4.90 Å². The summed E-state index contributed by atoms with van der Waals surface area (Å²) in [6.07, 6.45) is 1.98. The number of carboxylic acids is 2. The van der Waals surface area contributed by atoms with Gasteiger partial charge in [-0.25, -0.2) is 4.39 Å². The van der Waals surface area contributed by atoms with Gasteiger partial charge in [-0.1, -0.05) is 18.2 Å². The van der Waals surface area contributed by atoms with Gasteiger partial charge in [0.2, 0.25) is 0 Å². The van der Waals surface area contributed by atoms with E-state index in [0.717, 1.165) is 24.8 Å². The lowest BCUT2D eigenvalue weighted by atomic mass is 9.95. The number of halogens is 1. The van der Waals surface area contributed by atoms with E-state index in [4.69, 9.17) is 14.9 Å². The molecule has 1 unspecified atom stereocenters. The molecule has 2 aliphatic rings. The first-order valence-corrected chi connectivity index (χ1v) is 11.7. The van der Waals surface area contributed by atoms with E-state index in [1.165, 1.54) is 29.2 Å². The van der Waals surface area contributed by atoms with Crippen molar-refractivity contribution in [3.05, 3.63) is 52.2 Å². The Labute approximate surface area is 200 Å². The lowest BCUT2D eigenvalue weighted by molar-refractivity contribution is -0.143. The Hall–Kier alpha value is -3.11. The summed E-state index contributed by atoms with van der Waals surface area (Å²) in [6.45, 7) is 2.63. The third kappa shape index (κ3) is 6.94. The van der Waals surface area contributed by atoms with Crippen molar-refractivity contribution in [2.75, 3.05) is 6.54 Å². The number of carbonyl (C=O) groups excluding carboxylic acids is 2. The third-order valence-corrected chi connectivity index (χ3v) is 6.60. The number of aliphatic carboxylic acids is 2. The molecule has 2 N–H and O–H groups in total. The quantitative estimate of drug-likeness (QED) is 0.535. The third-order valence-electron chi connectivity index (χ3n) is 5.48. The van der Waals surface area contributed by atoms with Crippen molar-refractivity contribution in [3.8, 4) is 5.06 Å². The number of hydrogen-bond donors (Lipinski definition) is 2. The maximum atomic E-state index is 14.4. The molecule has 10 heteroatoms. The molecule has 2 aromatic rings. The van der Waals surface area contributed by atoms with Crippen LogP contribution in [-0.4, -0.2) is 45.3 Å². The van der Waals surface area contributed by atoms with E-state index in [9.17, 15) is 23.6 Å². The van der Waals surface area contributed by atoms with Gasteiger partial charge in [-0.3, -0.25) is 24.1 Å². The number of rotatable bonds is 8. The van der Waals surface area contributed by atoms with Crippen molar-refractivity contribution in [2.45, 2.75) is 51.6 Å². The Morgan fingerprint density at radius 3 is 2.35 bits per heavy atom. The van der Waals surface area contributed by atoms with E-state index >= 15 is 0 Å². The van der Waals surface area contributed by atoms with Crippen LogP contribution in [0.5, 0.6) is 5.06 Å². The number of esters is 1. The average Bonchev–Trinajstić information content (AvgIpc) is 3.54. The van der Waals surface area contributed by atoms with E-state index < -0.39 is 18.0 Å². The number of carboxylic acid groups (broad SMARTS) is 2. The molecule has 1 aliphatic carbocycles. The van der Waals surface area contributed by atoms with Crippen LogP contribution in [0.4, 0.5) is 4.39 Å². The minimum atomic E-state index is -1.08. The number of ether oxygens (including phenoxy) is 1. The molecule has 182 valence electrons. The number of fused-ring (bicyclic) bond motifs is 1. The molecular formula is C24H26FNO7S. The smallest absolute Gasteiger partial charge is 0.308 e. The standard InChI is InChI=1S/C20H20FNO3S.C4H6O4/c1-12(23)25-18-10-14-11-22(9-8-17(14)26-18)19(20(24)13-6-7-13)15-4-2-3-5-16(15)21;5-3(6)1-2-4(7)8/h2-5,10,13,19H,6-9,11H2,1H3;1-2H2,(H,5,6)(H,7,8). The molecule has 8 nitrogen and oxygen atoms in total. The number of Topliss-reactive ketones (excluding diaryl/α,β-unsaturated/α-hetero) is 1. The van der Waals surface area contributed by atoms with Crippen LogP contribution < -0.4 is 4.74 Å². The van der Waals surface area contributed by atoms with Crippen LogP contribution >= 0.6 is 11.3 Å². The zero-order chi connectivity index (χ0) is 24.8. The van der Waals surface area contributed by atoms with E-state index in [1.54, 1.807) is 18.2 Å². The van der Waals surface area contributed by atoms with E-state index in [1.807, 2.05) is 6.07 Å². The second kappa shape index (κ2) is 11.3. The summed E-state index contributed by atoms with van der Waals surface area (Å²) in [6, 6.07) is 7.89. The Morgan fingerprint density at radius 2 is 1.79 bits per heavy atom. The predicted octanol–water partition coefficient (Wildman–Crippen LogP) is 3.83. The zero-order valence-electron chi connectivity index (χ0n) is 18.7. The lowest BCUT2D eigenvalue weighted by Crippen LogP contribution is -2.38. The number of ketones is 1. The molecule has 0 amide bonds. The van der Waals surface area contributed by atoms with E-state index in [-0.39, 0.29) is 36.3 Å². The summed E-state index contributed by atoms with van der Waals surface area (Å²) >= 11 is 1.47. The topological polar surface area (TPSA) is 121 Å². The highest BCUT2D eigenvalue weighted by atomic mass is 32.1. The Kier molecular flexibility index (Phi) is 8.51. The van der Waals surface area contributed by atoms with Crippen LogP contribution in [0.1, 0.15) is 54.7 Å². The van der Waals surface area contributed by atoms with Crippen LogP contribution in [0.2, 0.25) is 0 Å². The molecule has 0 bridgehead atoms. The highest BCUT2D eigenvalue weighted by molar-refractivity contribution is 7.14. The summed E-state index contributed by atoms with van der Waals surface area (Å²) in [7, 11) is 0. The maximum absolute atomic E-state index is 14.4. The molecule has 0 spiro atoms. The fraction of sp³-hybridized carbons (Fsp3) is 0.417. The minimum absolute atomic E-state index is 0.0556. The van der Waals surface area contributed by atoms with Crippen molar-refractivity contribution in [1.29, 1.82) is 0 Å². The summed E-state index contributed by atoms with van der Waals surface area (Å²) < 4.78 is 19.6. The first-order chi connectivity index (χ1) is 16.2. The predicted molar refractivity (Wildman–Crippen MR) is 121 cm³/mol. The first-order valence-electron chi connectivity index (χ1n) is 10.9. The van der Waals surface area contributed by atoms with Crippen LogP contribution in [0.15, 0.2) is 30.3 Å². The fourth-order valence-electron chi connectivity index (χ4n) is 3.77. The average molecular weight is 492 g/mol. The van der Waals surface area contributed by atoms with E-state index in [2.05, 4.69) is 4.90 Å². The largest absolute Gasteiger partial charge is 0.481 e. The van der Waals surface area contributed by atoms with Crippen molar-refractivity contribution in [2.24, 2.45) is 5.92 Å². The molecule has 1 atom stereocenters. The van der Waals surface area contributed by atoms with Gasteiger partial charge >= 0.3 is 17.9 Å². The molecule has 1 aliphatic heterocycles.